The minimum absolute atomic E-state index is 0.210. The van der Waals surface area contributed by atoms with Gasteiger partial charge < -0.3 is 0 Å². The Labute approximate surface area is 146 Å². The topological polar surface area (TPSA) is 69.8 Å². The minimum atomic E-state index is -0.492. The molecule has 2 heterocycles. The number of terminal acetylenes is 1. The van der Waals surface area contributed by atoms with Crippen molar-refractivity contribution in [1.29, 1.82) is 0 Å². The van der Waals surface area contributed by atoms with E-state index in [0.717, 1.165) is 4.57 Å². The third-order valence-corrected chi connectivity index (χ3v) is 4.54. The molecule has 6 nitrogen and oxygen atoms in total. The molecule has 0 saturated heterocycles. The van der Waals surface area contributed by atoms with Crippen LogP contribution in [0.25, 0.3) is 22.4 Å². The van der Waals surface area contributed by atoms with Gasteiger partial charge in [-0.1, -0.05) is 17.7 Å². The first-order valence-corrected chi connectivity index (χ1v) is 8.22. The Morgan fingerprint density at radius 3 is 2.48 bits per heavy atom. The summed E-state index contributed by atoms with van der Waals surface area (Å²) in [6, 6.07) is 5.65. The summed E-state index contributed by atoms with van der Waals surface area (Å²) in [6.07, 6.45) is 5.31. The molecule has 126 valence electrons. The number of aromatic nitrogens is 4. The highest BCUT2D eigenvalue weighted by atomic mass is 32.2. The van der Waals surface area contributed by atoms with Crippen LogP contribution >= 0.6 is 11.8 Å². The fraction of sp³-hybridized carbons (Fsp3) is 0.176. The molecule has 0 saturated carbocycles. The average Bonchev–Trinajstić information content (AvgIpc) is 2.62. The molecule has 0 unspecified atom stereocenters. The Hall–Kier alpha value is -2.92. The third kappa shape index (κ3) is 2.94. The van der Waals surface area contributed by atoms with E-state index in [-0.39, 0.29) is 22.7 Å². The lowest BCUT2D eigenvalue weighted by molar-refractivity contribution is 0.628. The summed E-state index contributed by atoms with van der Waals surface area (Å²) in [5.74, 6) is 2.70. The van der Waals surface area contributed by atoms with Crippen molar-refractivity contribution < 1.29 is 4.39 Å². The quantitative estimate of drug-likeness (QED) is 0.405. The molecule has 8 heteroatoms. The Balaban J connectivity index is 2.39. The summed E-state index contributed by atoms with van der Waals surface area (Å²) >= 11 is 1.21. The van der Waals surface area contributed by atoms with Crippen molar-refractivity contribution in [3.63, 3.8) is 0 Å². The van der Waals surface area contributed by atoms with Crippen LogP contribution in [0.2, 0.25) is 0 Å². The van der Waals surface area contributed by atoms with Crippen molar-refractivity contribution in [3.05, 3.63) is 50.9 Å². The number of fused-ring (bicyclic) bond motifs is 1. The monoisotopic (exact) mass is 356 g/mol. The van der Waals surface area contributed by atoms with Crippen LogP contribution in [0.4, 0.5) is 4.39 Å². The zero-order valence-electron chi connectivity index (χ0n) is 13.5. The molecule has 0 aliphatic heterocycles. The number of thioether (sulfide) groups is 1. The lowest BCUT2D eigenvalue weighted by atomic mass is 10.2. The van der Waals surface area contributed by atoms with E-state index < -0.39 is 11.2 Å². The van der Waals surface area contributed by atoms with Crippen LogP contribution in [0, 0.1) is 18.2 Å². The van der Waals surface area contributed by atoms with E-state index in [1.54, 1.807) is 0 Å². The maximum Gasteiger partial charge on any atom is 0.332 e. The molecule has 3 rings (SSSR count). The largest absolute Gasteiger partial charge is 0.332 e. The standard InChI is InChI=1S/C17H13FN4O2S/c1-4-9-25-15-12-14(21(2)17(24)22(3)16(12)23)19-13(20-15)10-5-7-11(18)8-6-10/h1,5-8H,9H2,2-3H3. The van der Waals surface area contributed by atoms with Crippen molar-refractivity contribution in [1.82, 2.24) is 19.1 Å². The molecule has 2 aromatic heterocycles. The van der Waals surface area contributed by atoms with Gasteiger partial charge in [-0.3, -0.25) is 13.9 Å². The van der Waals surface area contributed by atoms with Gasteiger partial charge in [0.1, 0.15) is 16.2 Å². The first-order chi connectivity index (χ1) is 11.9. The maximum absolute atomic E-state index is 13.2. The molecule has 0 N–H and O–H groups in total. The van der Waals surface area contributed by atoms with Crippen molar-refractivity contribution >= 4 is 22.8 Å². The normalized spacial score (nSPS) is 10.8. The third-order valence-electron chi connectivity index (χ3n) is 3.66. The van der Waals surface area contributed by atoms with E-state index in [4.69, 9.17) is 6.42 Å². The number of hydrogen-bond donors (Lipinski definition) is 0. The first-order valence-electron chi connectivity index (χ1n) is 7.24. The van der Waals surface area contributed by atoms with Crippen LogP contribution in [0.3, 0.4) is 0 Å². The molecule has 3 aromatic rings. The molecule has 0 radical (unpaired) electrons. The molecule has 0 fully saturated rings. The van der Waals surface area contributed by atoms with Gasteiger partial charge in [0.25, 0.3) is 5.56 Å². The Bertz CT molecular complexity index is 1130. The van der Waals surface area contributed by atoms with Gasteiger partial charge >= 0.3 is 5.69 Å². The van der Waals surface area contributed by atoms with E-state index in [1.807, 2.05) is 0 Å². The Morgan fingerprint density at radius 2 is 1.84 bits per heavy atom. The molecule has 0 aliphatic rings. The number of rotatable bonds is 3. The molecule has 0 spiro atoms. The molecule has 25 heavy (non-hydrogen) atoms. The predicted octanol–water partition coefficient (Wildman–Crippen LogP) is 1.56. The van der Waals surface area contributed by atoms with E-state index >= 15 is 0 Å². The van der Waals surface area contributed by atoms with Crippen LogP contribution in [-0.4, -0.2) is 24.9 Å². The van der Waals surface area contributed by atoms with Crippen LogP contribution < -0.4 is 11.2 Å². The van der Waals surface area contributed by atoms with Crippen molar-refractivity contribution in [2.45, 2.75) is 5.03 Å². The Kier molecular flexibility index (Phi) is 4.42. The van der Waals surface area contributed by atoms with Gasteiger partial charge in [-0.25, -0.2) is 19.2 Å². The molecule has 0 atom stereocenters. The molecular formula is C17H13FN4O2S. The van der Waals surface area contributed by atoms with Crippen LogP contribution in [0.15, 0.2) is 38.9 Å². The lowest BCUT2D eigenvalue weighted by Gasteiger charge is -2.11. The van der Waals surface area contributed by atoms with Crippen molar-refractivity contribution in [2.24, 2.45) is 14.1 Å². The predicted molar refractivity (Wildman–Crippen MR) is 95.0 cm³/mol. The zero-order chi connectivity index (χ0) is 18.1. The fourth-order valence-corrected chi connectivity index (χ4v) is 3.07. The molecule has 0 amide bonds. The zero-order valence-corrected chi connectivity index (χ0v) is 14.3. The fourth-order valence-electron chi connectivity index (χ4n) is 2.37. The summed E-state index contributed by atoms with van der Waals surface area (Å²) in [5.41, 5.74) is -0.196. The smallest absolute Gasteiger partial charge is 0.280 e. The highest BCUT2D eigenvalue weighted by Crippen LogP contribution is 2.25. The van der Waals surface area contributed by atoms with Gasteiger partial charge in [0.05, 0.1) is 5.75 Å². The maximum atomic E-state index is 13.2. The van der Waals surface area contributed by atoms with Gasteiger partial charge in [-0.05, 0) is 24.3 Å². The second-order valence-corrected chi connectivity index (χ2v) is 6.22. The van der Waals surface area contributed by atoms with E-state index in [9.17, 15) is 14.0 Å². The molecule has 0 bridgehead atoms. The van der Waals surface area contributed by atoms with E-state index in [0.29, 0.717) is 16.3 Å². The van der Waals surface area contributed by atoms with Gasteiger partial charge in [0.2, 0.25) is 0 Å². The van der Waals surface area contributed by atoms with E-state index in [1.165, 1.54) is 54.7 Å². The molecule has 0 aliphatic carbocycles. The highest BCUT2D eigenvalue weighted by Gasteiger charge is 2.17. The first kappa shape index (κ1) is 16.9. The molecular weight excluding hydrogens is 343 g/mol. The van der Waals surface area contributed by atoms with Gasteiger partial charge in [0.15, 0.2) is 11.5 Å². The summed E-state index contributed by atoms with van der Waals surface area (Å²) in [4.78, 5) is 33.5. The number of nitrogens with zero attached hydrogens (tertiary/aromatic N) is 4. The SMILES string of the molecule is C#CCSc1nc(-c2ccc(F)cc2)nc2c1c(=O)n(C)c(=O)n2C. The lowest BCUT2D eigenvalue weighted by Crippen LogP contribution is -2.37. The Morgan fingerprint density at radius 1 is 1.16 bits per heavy atom. The second-order valence-electron chi connectivity index (χ2n) is 5.26. The summed E-state index contributed by atoms with van der Waals surface area (Å²) in [7, 11) is 2.93. The summed E-state index contributed by atoms with van der Waals surface area (Å²) in [5, 5.41) is 0.620. The second kappa shape index (κ2) is 6.53. The highest BCUT2D eigenvalue weighted by molar-refractivity contribution is 7.99. The summed E-state index contributed by atoms with van der Waals surface area (Å²) < 4.78 is 15.4. The number of aryl methyl sites for hydroxylation is 1. The van der Waals surface area contributed by atoms with Crippen LogP contribution in [0.5, 0.6) is 0 Å². The van der Waals surface area contributed by atoms with Crippen molar-refractivity contribution in [3.8, 4) is 23.7 Å². The average molecular weight is 356 g/mol. The number of hydrogen-bond acceptors (Lipinski definition) is 5. The molecule has 1 aromatic carbocycles. The van der Waals surface area contributed by atoms with Gasteiger partial charge in [-0.15, -0.1) is 6.42 Å². The number of halogens is 1. The van der Waals surface area contributed by atoms with Crippen molar-refractivity contribution in [2.75, 3.05) is 5.75 Å². The van der Waals surface area contributed by atoms with Crippen LogP contribution in [0.1, 0.15) is 0 Å². The minimum Gasteiger partial charge on any atom is -0.280 e. The van der Waals surface area contributed by atoms with E-state index in [2.05, 4.69) is 15.9 Å². The van der Waals surface area contributed by atoms with Gasteiger partial charge in [0, 0.05) is 19.7 Å². The number of benzene rings is 1. The summed E-state index contributed by atoms with van der Waals surface area (Å²) in [6.45, 7) is 0. The van der Waals surface area contributed by atoms with Gasteiger partial charge in [-0.2, -0.15) is 0 Å². The van der Waals surface area contributed by atoms with Crippen LogP contribution in [-0.2, 0) is 14.1 Å².